The minimum atomic E-state index is -1.12. The molecule has 2 heterocycles. The highest BCUT2D eigenvalue weighted by molar-refractivity contribution is 5.77. The molecule has 0 aliphatic carbocycles. The van der Waals surface area contributed by atoms with Crippen molar-refractivity contribution >= 4 is 17.3 Å². The molecule has 3 N–H and O–H groups in total. The van der Waals surface area contributed by atoms with Crippen molar-refractivity contribution in [3.05, 3.63) is 52.3 Å². The van der Waals surface area contributed by atoms with Crippen LogP contribution >= 0.6 is 0 Å². The molecule has 8 nitrogen and oxygen atoms in total. The van der Waals surface area contributed by atoms with Gasteiger partial charge in [-0.05, 0) is 19.1 Å². The number of aromatic nitrogens is 3. The number of halogens is 1. The first-order chi connectivity index (χ1) is 11.4. The Labute approximate surface area is 134 Å². The largest absolute Gasteiger partial charge is 0.455 e. The van der Waals surface area contributed by atoms with Crippen molar-refractivity contribution in [3.63, 3.8) is 0 Å². The van der Waals surface area contributed by atoms with Crippen molar-refractivity contribution in [2.24, 2.45) is 5.73 Å². The van der Waals surface area contributed by atoms with Crippen molar-refractivity contribution in [3.8, 4) is 17.2 Å². The number of amides is 1. The molecule has 0 spiro atoms. The van der Waals surface area contributed by atoms with Crippen molar-refractivity contribution in [1.82, 2.24) is 15.0 Å². The number of nitrogens with zero attached hydrogens (tertiary/aromatic N) is 2. The Morgan fingerprint density at radius 3 is 2.79 bits per heavy atom. The molecule has 1 amide bonds. The van der Waals surface area contributed by atoms with E-state index >= 15 is 0 Å². The Bertz CT molecular complexity index is 1000. The van der Waals surface area contributed by atoms with Gasteiger partial charge in [-0.2, -0.15) is 0 Å². The lowest BCUT2D eigenvalue weighted by Crippen LogP contribution is -2.16. The first-order valence-electron chi connectivity index (χ1n) is 6.74. The molecule has 0 saturated heterocycles. The van der Waals surface area contributed by atoms with Gasteiger partial charge in [0.2, 0.25) is 0 Å². The molecule has 0 unspecified atom stereocenters. The van der Waals surface area contributed by atoms with E-state index in [1.807, 2.05) is 0 Å². The van der Waals surface area contributed by atoms with Crippen LogP contribution in [0.25, 0.3) is 11.2 Å². The van der Waals surface area contributed by atoms with Crippen molar-refractivity contribution < 1.29 is 18.7 Å². The maximum atomic E-state index is 13.8. The molecular weight excluding hydrogens is 319 g/mol. The number of pyridine rings is 1. The van der Waals surface area contributed by atoms with E-state index in [4.69, 9.17) is 10.5 Å². The average Bonchev–Trinajstić information content (AvgIpc) is 2.51. The lowest BCUT2D eigenvalue weighted by molar-refractivity contribution is 0.208. The van der Waals surface area contributed by atoms with Crippen LogP contribution in [-0.4, -0.2) is 21.0 Å². The number of hydrogen-bond donors (Lipinski definition) is 2. The number of benzene rings is 1. The summed E-state index contributed by atoms with van der Waals surface area (Å²) in [6, 6.07) is 5.10. The number of carbonyl (C=O) groups excluding carboxylic acids is 1. The van der Waals surface area contributed by atoms with E-state index in [0.717, 1.165) is 6.07 Å². The number of primary amides is 1. The smallest absolute Gasteiger partial charge is 0.410 e. The third-order valence-electron chi connectivity index (χ3n) is 3.08. The Balaban J connectivity index is 1.98. The van der Waals surface area contributed by atoms with Crippen molar-refractivity contribution in [1.29, 1.82) is 0 Å². The van der Waals surface area contributed by atoms with Gasteiger partial charge in [0.05, 0.1) is 0 Å². The molecule has 0 atom stereocenters. The molecule has 3 rings (SSSR count). The number of aryl methyl sites for hydroxylation is 1. The summed E-state index contributed by atoms with van der Waals surface area (Å²) in [4.78, 5) is 33.1. The second-order valence-corrected chi connectivity index (χ2v) is 4.77. The minimum absolute atomic E-state index is 0.123. The van der Waals surface area contributed by atoms with E-state index in [2.05, 4.69) is 19.7 Å². The molecule has 0 radical (unpaired) electrons. The Hall–Kier alpha value is -3.49. The fraction of sp³-hybridized carbons (Fsp3) is 0.0667. The van der Waals surface area contributed by atoms with Gasteiger partial charge in [-0.1, -0.05) is 0 Å². The number of nitrogens with two attached hydrogens (primary N) is 1. The SMILES string of the molecule is Cc1nc2nccc(Oc3ccc(OC(N)=O)c(F)c3)c2[nH]c1=O. The number of hydrogen-bond acceptors (Lipinski definition) is 6. The molecule has 9 heteroatoms. The fourth-order valence-electron chi connectivity index (χ4n) is 2.00. The van der Waals surface area contributed by atoms with Gasteiger partial charge in [-0.25, -0.2) is 19.2 Å². The monoisotopic (exact) mass is 330 g/mol. The van der Waals surface area contributed by atoms with E-state index in [-0.39, 0.29) is 34.0 Å². The van der Waals surface area contributed by atoms with Gasteiger partial charge in [-0.3, -0.25) is 4.79 Å². The second kappa shape index (κ2) is 5.95. The Morgan fingerprint density at radius 2 is 2.08 bits per heavy atom. The highest BCUT2D eigenvalue weighted by Gasteiger charge is 2.12. The number of ether oxygens (including phenoxy) is 2. The molecule has 0 fully saturated rings. The van der Waals surface area contributed by atoms with E-state index < -0.39 is 11.9 Å². The lowest BCUT2D eigenvalue weighted by Gasteiger charge is -2.09. The number of H-pyrrole nitrogens is 1. The maximum Gasteiger partial charge on any atom is 0.410 e. The van der Waals surface area contributed by atoms with Crippen LogP contribution in [0.5, 0.6) is 17.2 Å². The maximum absolute atomic E-state index is 13.8. The van der Waals surface area contributed by atoms with E-state index in [1.54, 1.807) is 6.92 Å². The van der Waals surface area contributed by atoms with Crippen LogP contribution in [-0.2, 0) is 0 Å². The molecular formula is C15H11FN4O4. The summed E-state index contributed by atoms with van der Waals surface area (Å²) >= 11 is 0. The molecule has 0 aliphatic rings. The zero-order chi connectivity index (χ0) is 17.3. The Kier molecular flexibility index (Phi) is 3.82. The van der Waals surface area contributed by atoms with Gasteiger partial charge in [0.25, 0.3) is 5.56 Å². The predicted molar refractivity (Wildman–Crippen MR) is 81.6 cm³/mol. The molecule has 0 aliphatic heterocycles. The topological polar surface area (TPSA) is 120 Å². The van der Waals surface area contributed by atoms with Crippen LogP contribution in [0, 0.1) is 12.7 Å². The van der Waals surface area contributed by atoms with Crippen LogP contribution in [0.3, 0.4) is 0 Å². The number of aromatic amines is 1. The standard InChI is InChI=1S/C15H11FN4O4/c1-7-14(21)20-12-11(4-5-18-13(12)19-7)23-8-2-3-10(9(16)6-8)24-15(17)22/h2-6H,1H3,(H2,17,22)(H,20,21). The van der Waals surface area contributed by atoms with Gasteiger partial charge in [0, 0.05) is 18.3 Å². The first kappa shape index (κ1) is 15.4. The van der Waals surface area contributed by atoms with Crippen LogP contribution < -0.4 is 20.8 Å². The molecule has 24 heavy (non-hydrogen) atoms. The molecule has 2 aromatic heterocycles. The summed E-state index contributed by atoms with van der Waals surface area (Å²) in [5.74, 6) is -0.780. The second-order valence-electron chi connectivity index (χ2n) is 4.77. The van der Waals surface area contributed by atoms with Crippen LogP contribution in [0.4, 0.5) is 9.18 Å². The number of rotatable bonds is 3. The van der Waals surface area contributed by atoms with Crippen LogP contribution in [0.2, 0.25) is 0 Å². The first-order valence-corrected chi connectivity index (χ1v) is 6.74. The molecule has 3 aromatic rings. The molecule has 0 bridgehead atoms. The van der Waals surface area contributed by atoms with Gasteiger partial charge < -0.3 is 20.2 Å². The van der Waals surface area contributed by atoms with E-state index in [0.29, 0.717) is 5.65 Å². The highest BCUT2D eigenvalue weighted by atomic mass is 19.1. The summed E-state index contributed by atoms with van der Waals surface area (Å²) in [5, 5.41) is 0. The van der Waals surface area contributed by atoms with E-state index in [1.165, 1.54) is 24.4 Å². The van der Waals surface area contributed by atoms with Gasteiger partial charge in [0.1, 0.15) is 17.0 Å². The molecule has 122 valence electrons. The predicted octanol–water partition coefficient (Wildman–Crippen LogP) is 2.02. The average molecular weight is 330 g/mol. The van der Waals surface area contributed by atoms with Gasteiger partial charge in [0.15, 0.2) is 23.0 Å². The van der Waals surface area contributed by atoms with Crippen molar-refractivity contribution in [2.45, 2.75) is 6.92 Å². The van der Waals surface area contributed by atoms with Crippen LogP contribution in [0.15, 0.2) is 35.3 Å². The summed E-state index contributed by atoms with van der Waals surface area (Å²) < 4.78 is 23.9. The third-order valence-corrected chi connectivity index (χ3v) is 3.08. The van der Waals surface area contributed by atoms with E-state index in [9.17, 15) is 14.0 Å². The number of nitrogens with one attached hydrogen (secondary N) is 1. The molecule has 1 aromatic carbocycles. The van der Waals surface area contributed by atoms with Gasteiger partial charge >= 0.3 is 6.09 Å². The summed E-state index contributed by atoms with van der Waals surface area (Å²) in [5.41, 5.74) is 5.30. The summed E-state index contributed by atoms with van der Waals surface area (Å²) in [7, 11) is 0. The fourth-order valence-corrected chi connectivity index (χ4v) is 2.00. The summed E-state index contributed by atoms with van der Waals surface area (Å²) in [6.45, 7) is 1.56. The van der Waals surface area contributed by atoms with Crippen molar-refractivity contribution in [2.75, 3.05) is 0 Å². The lowest BCUT2D eigenvalue weighted by atomic mass is 10.3. The van der Waals surface area contributed by atoms with Crippen LogP contribution in [0.1, 0.15) is 5.69 Å². The third kappa shape index (κ3) is 3.00. The number of carbonyl (C=O) groups is 1. The summed E-state index contributed by atoms with van der Waals surface area (Å²) in [6.07, 6.45) is 0.324. The number of fused-ring (bicyclic) bond motifs is 1. The zero-order valence-electron chi connectivity index (χ0n) is 12.4. The highest BCUT2D eigenvalue weighted by Crippen LogP contribution is 2.29. The minimum Gasteiger partial charge on any atom is -0.455 e. The Morgan fingerprint density at radius 1 is 1.29 bits per heavy atom. The quantitative estimate of drug-likeness (QED) is 0.758. The molecule has 0 saturated carbocycles. The zero-order valence-corrected chi connectivity index (χ0v) is 12.4. The van der Waals surface area contributed by atoms with Gasteiger partial charge in [-0.15, -0.1) is 0 Å². The normalized spacial score (nSPS) is 10.6.